The Morgan fingerprint density at radius 3 is 1.86 bits per heavy atom. The number of aromatic amines is 1. The van der Waals surface area contributed by atoms with Crippen molar-refractivity contribution in [3.63, 3.8) is 0 Å². The highest BCUT2D eigenvalue weighted by Crippen LogP contribution is 2.28. The van der Waals surface area contributed by atoms with Crippen LogP contribution < -0.4 is 16.2 Å². The van der Waals surface area contributed by atoms with Gasteiger partial charge in [0.1, 0.15) is 23.2 Å². The molecule has 29 heavy (non-hydrogen) atoms. The number of rotatable bonds is 5. The van der Waals surface area contributed by atoms with Crippen LogP contribution in [-0.2, 0) is 0 Å². The first-order chi connectivity index (χ1) is 13.5. The first-order valence-corrected chi connectivity index (χ1v) is 8.69. The smallest absolute Gasteiger partial charge is 0.127 e. The number of hydrogen-bond donors (Lipinski definition) is 5. The maximum Gasteiger partial charge on any atom is 0.127 e. The topological polar surface area (TPSA) is 125 Å². The van der Waals surface area contributed by atoms with Gasteiger partial charge in [-0.15, -0.1) is 12.4 Å². The van der Waals surface area contributed by atoms with E-state index in [1.54, 1.807) is 24.3 Å². The molecule has 0 fully saturated rings. The summed E-state index contributed by atoms with van der Waals surface area (Å²) in [7, 11) is 0. The Balaban J connectivity index is 0.00000240. The molecule has 0 radical (unpaired) electrons. The number of amidine groups is 2. The fraction of sp³-hybridized carbons (Fsp3) is 0. The lowest BCUT2D eigenvalue weighted by Gasteiger charge is -2.07. The van der Waals surface area contributed by atoms with Crippen molar-refractivity contribution in [1.29, 1.82) is 10.8 Å². The SMILES string of the molecule is Cl.N=C(N)c1ccc(Oc2ccc(-c3cc4ccc(C(=N)N)cc4[nH]3)cc2)cc1. The predicted molar refractivity (Wildman–Crippen MR) is 120 cm³/mol. The highest BCUT2D eigenvalue weighted by molar-refractivity contribution is 5.99. The van der Waals surface area contributed by atoms with E-state index in [2.05, 4.69) is 11.1 Å². The lowest BCUT2D eigenvalue weighted by Crippen LogP contribution is -2.10. The summed E-state index contributed by atoms with van der Waals surface area (Å²) in [5, 5.41) is 16.0. The minimum Gasteiger partial charge on any atom is -0.457 e. The van der Waals surface area contributed by atoms with Crippen LogP contribution in [0.15, 0.2) is 72.8 Å². The van der Waals surface area contributed by atoms with Gasteiger partial charge in [-0.1, -0.05) is 12.1 Å². The van der Waals surface area contributed by atoms with E-state index in [-0.39, 0.29) is 24.1 Å². The van der Waals surface area contributed by atoms with E-state index in [0.717, 1.165) is 22.2 Å². The third kappa shape index (κ3) is 4.23. The monoisotopic (exact) mass is 405 g/mol. The van der Waals surface area contributed by atoms with E-state index in [1.807, 2.05) is 42.5 Å². The van der Waals surface area contributed by atoms with Gasteiger partial charge < -0.3 is 21.2 Å². The molecule has 0 atom stereocenters. The summed E-state index contributed by atoms with van der Waals surface area (Å²) in [6.45, 7) is 0. The maximum absolute atomic E-state index is 7.56. The van der Waals surface area contributed by atoms with Crippen molar-refractivity contribution in [2.75, 3.05) is 0 Å². The second-order valence-electron chi connectivity index (χ2n) is 6.46. The molecule has 1 heterocycles. The van der Waals surface area contributed by atoms with E-state index >= 15 is 0 Å². The molecule has 0 aliphatic rings. The van der Waals surface area contributed by atoms with Gasteiger partial charge in [-0.05, 0) is 66.2 Å². The fourth-order valence-corrected chi connectivity index (χ4v) is 2.99. The number of aromatic nitrogens is 1. The normalized spacial score (nSPS) is 10.3. The summed E-state index contributed by atoms with van der Waals surface area (Å²) in [5.74, 6) is 1.48. The van der Waals surface area contributed by atoms with Gasteiger partial charge >= 0.3 is 0 Å². The predicted octanol–water partition coefficient (Wildman–Crippen LogP) is 4.62. The van der Waals surface area contributed by atoms with Crippen LogP contribution in [0.25, 0.3) is 22.2 Å². The van der Waals surface area contributed by atoms with Gasteiger partial charge in [0.15, 0.2) is 0 Å². The molecule has 6 nitrogen and oxygen atoms in total. The molecule has 7 N–H and O–H groups in total. The summed E-state index contributed by atoms with van der Waals surface area (Å²) < 4.78 is 5.85. The molecule has 0 unspecified atom stereocenters. The Bertz CT molecular complexity index is 1180. The zero-order valence-corrected chi connectivity index (χ0v) is 16.2. The molecule has 0 aliphatic carbocycles. The number of nitrogens with two attached hydrogens (primary N) is 2. The van der Waals surface area contributed by atoms with Crippen molar-refractivity contribution in [2.45, 2.75) is 0 Å². The quantitative estimate of drug-likeness (QED) is 0.246. The molecular weight excluding hydrogens is 386 g/mol. The van der Waals surface area contributed by atoms with E-state index in [4.69, 9.17) is 27.0 Å². The number of hydrogen-bond acceptors (Lipinski definition) is 3. The Labute approximate surface area is 173 Å². The molecule has 4 rings (SSSR count). The summed E-state index contributed by atoms with van der Waals surface area (Å²) in [6, 6.07) is 22.6. The van der Waals surface area contributed by atoms with E-state index < -0.39 is 0 Å². The van der Waals surface area contributed by atoms with Gasteiger partial charge in [0.2, 0.25) is 0 Å². The molecule has 0 bridgehead atoms. The second kappa shape index (κ2) is 8.08. The molecule has 1 aromatic heterocycles. The number of halogens is 1. The average molecular weight is 406 g/mol. The van der Waals surface area contributed by atoms with Crippen molar-refractivity contribution in [2.24, 2.45) is 11.5 Å². The van der Waals surface area contributed by atoms with Gasteiger partial charge in [0.25, 0.3) is 0 Å². The number of nitrogen functional groups attached to an aromatic ring is 2. The fourth-order valence-electron chi connectivity index (χ4n) is 2.99. The molecule has 0 saturated carbocycles. The first kappa shape index (κ1) is 20.0. The van der Waals surface area contributed by atoms with Crippen molar-refractivity contribution < 1.29 is 4.74 Å². The van der Waals surface area contributed by atoms with E-state index in [0.29, 0.717) is 22.6 Å². The molecular formula is C22H20ClN5O. The standard InChI is InChI=1S/C22H19N5O.ClH/c23-21(24)14-5-9-18(10-6-14)28-17-7-3-13(4-8-17)19-11-15-1-2-16(22(25)26)12-20(15)27-19;/h1-12,27H,(H3,23,24)(H3,25,26);1H. The third-order valence-electron chi connectivity index (χ3n) is 4.50. The third-order valence-corrected chi connectivity index (χ3v) is 4.50. The lowest BCUT2D eigenvalue weighted by molar-refractivity contribution is 0.483. The van der Waals surface area contributed by atoms with Crippen LogP contribution in [0.5, 0.6) is 11.5 Å². The largest absolute Gasteiger partial charge is 0.457 e. The summed E-state index contributed by atoms with van der Waals surface area (Å²) >= 11 is 0. The summed E-state index contributed by atoms with van der Waals surface area (Å²) in [4.78, 5) is 3.37. The van der Waals surface area contributed by atoms with Gasteiger partial charge in [0, 0.05) is 27.7 Å². The molecule has 0 saturated heterocycles. The van der Waals surface area contributed by atoms with Crippen molar-refractivity contribution in [3.8, 4) is 22.8 Å². The van der Waals surface area contributed by atoms with Crippen LogP contribution in [0.4, 0.5) is 0 Å². The van der Waals surface area contributed by atoms with Crippen molar-refractivity contribution in [1.82, 2.24) is 4.98 Å². The first-order valence-electron chi connectivity index (χ1n) is 8.69. The van der Waals surface area contributed by atoms with Crippen LogP contribution in [0.3, 0.4) is 0 Å². The minimum atomic E-state index is 0. The molecule has 0 amide bonds. The molecule has 3 aromatic carbocycles. The van der Waals surface area contributed by atoms with Gasteiger partial charge in [-0.25, -0.2) is 0 Å². The maximum atomic E-state index is 7.56. The number of benzene rings is 3. The van der Waals surface area contributed by atoms with E-state index in [9.17, 15) is 0 Å². The summed E-state index contributed by atoms with van der Waals surface area (Å²) in [5.41, 5.74) is 15.3. The zero-order valence-electron chi connectivity index (χ0n) is 15.4. The highest BCUT2D eigenvalue weighted by atomic mass is 35.5. The minimum absolute atomic E-state index is 0. The number of H-pyrrole nitrogens is 1. The molecule has 0 aliphatic heterocycles. The Morgan fingerprint density at radius 2 is 1.28 bits per heavy atom. The lowest BCUT2D eigenvalue weighted by atomic mass is 10.1. The Kier molecular flexibility index (Phi) is 5.57. The Morgan fingerprint density at radius 1 is 0.724 bits per heavy atom. The number of ether oxygens (including phenoxy) is 1. The van der Waals surface area contributed by atoms with E-state index in [1.165, 1.54) is 0 Å². The van der Waals surface area contributed by atoms with Gasteiger partial charge in [-0.2, -0.15) is 0 Å². The van der Waals surface area contributed by atoms with Crippen LogP contribution in [0, 0.1) is 10.8 Å². The van der Waals surface area contributed by atoms with Gasteiger partial charge in [0.05, 0.1) is 0 Å². The van der Waals surface area contributed by atoms with Gasteiger partial charge in [-0.3, -0.25) is 10.8 Å². The molecule has 0 spiro atoms. The zero-order chi connectivity index (χ0) is 19.7. The molecule has 146 valence electrons. The van der Waals surface area contributed by atoms with Crippen LogP contribution >= 0.6 is 12.4 Å². The summed E-state index contributed by atoms with van der Waals surface area (Å²) in [6.07, 6.45) is 0. The second-order valence-corrected chi connectivity index (χ2v) is 6.46. The number of nitrogens with one attached hydrogen (secondary N) is 3. The molecule has 7 heteroatoms. The van der Waals surface area contributed by atoms with Crippen LogP contribution in [-0.4, -0.2) is 16.7 Å². The van der Waals surface area contributed by atoms with Crippen molar-refractivity contribution in [3.05, 3.63) is 83.9 Å². The van der Waals surface area contributed by atoms with Crippen LogP contribution in [0.1, 0.15) is 11.1 Å². The van der Waals surface area contributed by atoms with Crippen LogP contribution in [0.2, 0.25) is 0 Å². The average Bonchev–Trinajstić information content (AvgIpc) is 3.12. The number of fused-ring (bicyclic) bond motifs is 1. The van der Waals surface area contributed by atoms with Crippen molar-refractivity contribution >= 4 is 35.0 Å². The molecule has 4 aromatic rings. The Hall–Kier alpha value is -3.77. The highest BCUT2D eigenvalue weighted by Gasteiger charge is 2.06.